The van der Waals surface area contributed by atoms with Crippen LogP contribution in [0, 0.1) is 0 Å². The summed E-state index contributed by atoms with van der Waals surface area (Å²) in [4.78, 5) is 0. The van der Waals surface area contributed by atoms with Crippen molar-refractivity contribution < 1.29 is 19.7 Å². The first-order chi connectivity index (χ1) is 7.59. The maximum atomic E-state index is 9.82. The van der Waals surface area contributed by atoms with Crippen LogP contribution in [0.2, 0.25) is 5.02 Å². The zero-order chi connectivity index (χ0) is 11.7. The molecule has 0 bridgehead atoms. The molecule has 16 heavy (non-hydrogen) atoms. The molecule has 0 saturated carbocycles. The van der Waals surface area contributed by atoms with Gasteiger partial charge in [-0.2, -0.15) is 0 Å². The monoisotopic (exact) mass is 244 g/mol. The highest BCUT2D eigenvalue weighted by molar-refractivity contribution is 6.32. The van der Waals surface area contributed by atoms with Gasteiger partial charge in [0, 0.05) is 18.1 Å². The van der Waals surface area contributed by atoms with Crippen molar-refractivity contribution in [1.82, 2.24) is 0 Å². The zero-order valence-electron chi connectivity index (χ0n) is 8.86. The van der Waals surface area contributed by atoms with Crippen molar-refractivity contribution in [2.45, 2.75) is 19.4 Å². The van der Waals surface area contributed by atoms with Crippen molar-refractivity contribution in [3.63, 3.8) is 0 Å². The minimum Gasteiger partial charge on any atom is -0.506 e. The molecule has 0 fully saturated rings. The fourth-order valence-electron chi connectivity index (χ4n) is 1.69. The number of fused-ring (bicyclic) bond motifs is 1. The molecule has 2 rings (SSSR count). The molecule has 1 atom stereocenters. The Morgan fingerprint density at radius 3 is 2.81 bits per heavy atom. The van der Waals surface area contributed by atoms with E-state index in [-0.39, 0.29) is 17.2 Å². The highest BCUT2D eigenvalue weighted by atomic mass is 35.5. The Balaban J connectivity index is 2.50. The van der Waals surface area contributed by atoms with E-state index in [1.54, 1.807) is 6.92 Å². The molecule has 0 radical (unpaired) electrons. The third kappa shape index (κ3) is 2.03. The number of phenolic OH excluding ortho intramolecular Hbond substituents is 1. The van der Waals surface area contributed by atoms with E-state index >= 15 is 0 Å². The van der Waals surface area contributed by atoms with Crippen LogP contribution in [0.3, 0.4) is 0 Å². The first-order valence-corrected chi connectivity index (χ1v) is 5.45. The van der Waals surface area contributed by atoms with Crippen LogP contribution in [0.5, 0.6) is 17.2 Å². The lowest BCUT2D eigenvalue weighted by Crippen LogP contribution is -2.18. The van der Waals surface area contributed by atoms with Gasteiger partial charge in [0.2, 0.25) is 0 Å². The van der Waals surface area contributed by atoms with Gasteiger partial charge in [0.15, 0.2) is 11.5 Å². The van der Waals surface area contributed by atoms with Gasteiger partial charge in [0.25, 0.3) is 0 Å². The van der Waals surface area contributed by atoms with E-state index in [4.69, 9.17) is 21.1 Å². The van der Waals surface area contributed by atoms with Crippen LogP contribution >= 0.6 is 11.6 Å². The average molecular weight is 245 g/mol. The second-order valence-corrected chi connectivity index (χ2v) is 4.17. The van der Waals surface area contributed by atoms with E-state index in [9.17, 15) is 10.2 Å². The third-order valence-electron chi connectivity index (χ3n) is 2.35. The molecule has 88 valence electrons. The van der Waals surface area contributed by atoms with Crippen LogP contribution in [0.4, 0.5) is 0 Å². The molecule has 1 aliphatic rings. The molecule has 0 spiro atoms. The molecular weight excluding hydrogens is 232 g/mol. The van der Waals surface area contributed by atoms with Gasteiger partial charge < -0.3 is 19.7 Å². The average Bonchev–Trinajstić information content (AvgIpc) is 2.24. The molecule has 0 amide bonds. The Labute approximate surface area is 98.4 Å². The Morgan fingerprint density at radius 2 is 2.12 bits per heavy atom. The van der Waals surface area contributed by atoms with Crippen LogP contribution in [-0.2, 0) is 6.42 Å². The summed E-state index contributed by atoms with van der Waals surface area (Å²) in [5.74, 6) is 0.950. The van der Waals surface area contributed by atoms with Crippen LogP contribution in [0.1, 0.15) is 12.5 Å². The summed E-state index contributed by atoms with van der Waals surface area (Å²) in [6, 6.07) is 1.52. The summed E-state index contributed by atoms with van der Waals surface area (Å²) in [6.07, 6.45) is -0.308. The van der Waals surface area contributed by atoms with E-state index in [1.807, 2.05) is 0 Å². The number of aliphatic hydroxyl groups is 1. The molecule has 4 nitrogen and oxygen atoms in total. The summed E-state index contributed by atoms with van der Waals surface area (Å²) in [5.41, 5.74) is 0.497. The van der Waals surface area contributed by atoms with E-state index in [2.05, 4.69) is 0 Å². The van der Waals surface area contributed by atoms with Crippen LogP contribution in [0.25, 0.3) is 0 Å². The van der Waals surface area contributed by atoms with Crippen LogP contribution in [0.15, 0.2) is 6.07 Å². The molecule has 0 aromatic heterocycles. The molecule has 1 aromatic carbocycles. The summed E-state index contributed by atoms with van der Waals surface area (Å²) >= 11 is 5.87. The van der Waals surface area contributed by atoms with Crippen LogP contribution < -0.4 is 9.47 Å². The summed E-state index contributed by atoms with van der Waals surface area (Å²) in [6.45, 7) is 2.53. The number of halogens is 1. The fraction of sp³-hybridized carbons (Fsp3) is 0.455. The fourth-order valence-corrected chi connectivity index (χ4v) is 1.91. The molecule has 1 heterocycles. The molecular formula is C11H13ClO4. The quantitative estimate of drug-likeness (QED) is 0.832. The predicted octanol–water partition coefficient (Wildman–Crippen LogP) is 1.74. The van der Waals surface area contributed by atoms with Gasteiger partial charge in [-0.15, -0.1) is 0 Å². The molecule has 2 N–H and O–H groups in total. The van der Waals surface area contributed by atoms with Gasteiger partial charge in [-0.3, -0.25) is 0 Å². The lowest BCUT2D eigenvalue weighted by Gasteiger charge is -2.23. The van der Waals surface area contributed by atoms with Gasteiger partial charge in [0.05, 0.1) is 11.1 Å². The second kappa shape index (κ2) is 4.39. The molecule has 1 aromatic rings. The number of aliphatic hydroxyl groups excluding tert-OH is 1. The van der Waals surface area contributed by atoms with Crippen molar-refractivity contribution in [1.29, 1.82) is 0 Å². The van der Waals surface area contributed by atoms with Crippen molar-refractivity contribution in [2.24, 2.45) is 0 Å². The Morgan fingerprint density at radius 1 is 1.44 bits per heavy atom. The van der Waals surface area contributed by atoms with E-state index in [0.717, 1.165) is 0 Å². The number of hydrogen-bond acceptors (Lipinski definition) is 4. The third-order valence-corrected chi connectivity index (χ3v) is 2.64. The van der Waals surface area contributed by atoms with Crippen molar-refractivity contribution in [2.75, 3.05) is 13.2 Å². The van der Waals surface area contributed by atoms with Gasteiger partial charge in [0.1, 0.15) is 19.0 Å². The number of hydrogen-bond donors (Lipinski definition) is 2. The lowest BCUT2D eigenvalue weighted by atomic mass is 10.1. The highest BCUT2D eigenvalue weighted by Gasteiger charge is 2.22. The zero-order valence-corrected chi connectivity index (χ0v) is 9.62. The maximum absolute atomic E-state index is 9.82. The number of benzene rings is 1. The van der Waals surface area contributed by atoms with Crippen molar-refractivity contribution in [3.05, 3.63) is 16.7 Å². The standard InChI is InChI=1S/C11H13ClO4/c1-6(13)4-7-10(14)8(12)5-9-11(7)16-3-2-15-9/h5-6,13-14H,2-4H2,1H3. The van der Waals surface area contributed by atoms with Gasteiger partial charge >= 0.3 is 0 Å². The first-order valence-electron chi connectivity index (χ1n) is 5.07. The number of ether oxygens (including phenoxy) is 2. The van der Waals surface area contributed by atoms with Crippen LogP contribution in [-0.4, -0.2) is 29.5 Å². The topological polar surface area (TPSA) is 58.9 Å². The summed E-state index contributed by atoms with van der Waals surface area (Å²) in [5, 5.41) is 19.4. The SMILES string of the molecule is CC(O)Cc1c(O)c(Cl)cc2c1OCCO2. The Bertz CT molecular complexity index is 403. The normalized spacial score (nSPS) is 15.9. The predicted molar refractivity (Wildman–Crippen MR) is 59.5 cm³/mol. The number of aromatic hydroxyl groups is 1. The summed E-state index contributed by atoms with van der Waals surface area (Å²) < 4.78 is 10.8. The Kier molecular flexibility index (Phi) is 3.12. The van der Waals surface area contributed by atoms with E-state index < -0.39 is 6.10 Å². The molecule has 0 saturated heterocycles. The maximum Gasteiger partial charge on any atom is 0.168 e. The molecule has 1 unspecified atom stereocenters. The lowest BCUT2D eigenvalue weighted by molar-refractivity contribution is 0.162. The van der Waals surface area contributed by atoms with Gasteiger partial charge in [-0.05, 0) is 6.92 Å². The van der Waals surface area contributed by atoms with Crippen molar-refractivity contribution in [3.8, 4) is 17.2 Å². The minimum atomic E-state index is -0.584. The smallest absolute Gasteiger partial charge is 0.168 e. The largest absolute Gasteiger partial charge is 0.506 e. The van der Waals surface area contributed by atoms with E-state index in [1.165, 1.54) is 6.07 Å². The van der Waals surface area contributed by atoms with Gasteiger partial charge in [-0.1, -0.05) is 11.6 Å². The minimum absolute atomic E-state index is 0.0492. The first kappa shape index (κ1) is 11.4. The highest BCUT2D eigenvalue weighted by Crippen LogP contribution is 2.44. The molecule has 5 heteroatoms. The van der Waals surface area contributed by atoms with E-state index in [0.29, 0.717) is 30.3 Å². The summed E-state index contributed by atoms with van der Waals surface area (Å²) in [7, 11) is 0. The molecule has 0 aliphatic carbocycles. The second-order valence-electron chi connectivity index (χ2n) is 3.76. The molecule has 1 aliphatic heterocycles. The van der Waals surface area contributed by atoms with Crippen molar-refractivity contribution >= 4 is 11.6 Å². The number of rotatable bonds is 2. The Hall–Kier alpha value is -1.13. The van der Waals surface area contributed by atoms with Gasteiger partial charge in [-0.25, -0.2) is 0 Å². The number of phenols is 1.